The average Bonchev–Trinajstić information content (AvgIpc) is 3.14. The van der Waals surface area contributed by atoms with Gasteiger partial charge in [0.15, 0.2) is 0 Å². The number of nitrogens with zero attached hydrogens (tertiary/aromatic N) is 1. The zero-order valence-corrected chi connectivity index (χ0v) is 10.9. The fourth-order valence-electron chi connectivity index (χ4n) is 2.87. The van der Waals surface area contributed by atoms with Gasteiger partial charge in [0.1, 0.15) is 0 Å². The Morgan fingerprint density at radius 3 is 2.28 bits per heavy atom. The van der Waals surface area contributed by atoms with Crippen LogP contribution in [0.1, 0.15) is 57.8 Å². The minimum atomic E-state index is -0.814. The molecule has 18 heavy (non-hydrogen) atoms. The summed E-state index contributed by atoms with van der Waals surface area (Å²) < 4.78 is 0. The second kappa shape index (κ2) is 6.21. The molecule has 0 aromatic heterocycles. The molecule has 2 rings (SSSR count). The molecule has 0 bridgehead atoms. The first-order chi connectivity index (χ1) is 8.66. The average molecular weight is 253 g/mol. The molecule has 0 heterocycles. The second-order valence-electron chi connectivity index (χ2n) is 5.67. The fourth-order valence-corrected chi connectivity index (χ4v) is 2.87. The van der Waals surface area contributed by atoms with Gasteiger partial charge in [0.2, 0.25) is 5.91 Å². The van der Waals surface area contributed by atoms with Crippen molar-refractivity contribution in [2.75, 3.05) is 6.54 Å². The molecule has 0 radical (unpaired) electrons. The lowest BCUT2D eigenvalue weighted by Crippen LogP contribution is -2.36. The van der Waals surface area contributed by atoms with Crippen LogP contribution in [0.25, 0.3) is 0 Å². The van der Waals surface area contributed by atoms with Gasteiger partial charge in [-0.15, -0.1) is 0 Å². The number of carbonyl (C=O) groups excluding carboxylic acids is 1. The van der Waals surface area contributed by atoms with Gasteiger partial charge in [-0.1, -0.05) is 19.3 Å². The highest BCUT2D eigenvalue weighted by Crippen LogP contribution is 2.31. The van der Waals surface area contributed by atoms with Gasteiger partial charge in [0.05, 0.1) is 6.42 Å². The Morgan fingerprint density at radius 2 is 1.72 bits per heavy atom. The lowest BCUT2D eigenvalue weighted by Gasteiger charge is -2.26. The van der Waals surface area contributed by atoms with E-state index in [1.165, 1.54) is 32.1 Å². The van der Waals surface area contributed by atoms with Crippen LogP contribution in [0.3, 0.4) is 0 Å². The summed E-state index contributed by atoms with van der Waals surface area (Å²) in [5, 5.41) is 8.73. The summed E-state index contributed by atoms with van der Waals surface area (Å²) in [5.41, 5.74) is 0. The molecular weight excluding hydrogens is 230 g/mol. The molecule has 102 valence electrons. The molecule has 2 saturated carbocycles. The summed E-state index contributed by atoms with van der Waals surface area (Å²) in [5.74, 6) is -0.0888. The molecule has 0 aromatic carbocycles. The van der Waals surface area contributed by atoms with E-state index in [-0.39, 0.29) is 12.3 Å². The van der Waals surface area contributed by atoms with Crippen LogP contribution in [0.5, 0.6) is 0 Å². The molecule has 0 atom stereocenters. The van der Waals surface area contributed by atoms with E-state index in [4.69, 9.17) is 5.11 Å². The maximum atomic E-state index is 12.2. The third kappa shape index (κ3) is 4.00. The summed E-state index contributed by atoms with van der Waals surface area (Å²) in [7, 11) is 0. The fraction of sp³-hybridized carbons (Fsp3) is 0.857. The summed E-state index contributed by atoms with van der Waals surface area (Å²) in [6, 6.07) is 0.334. The molecule has 1 amide bonds. The van der Waals surface area contributed by atoms with Crippen LogP contribution >= 0.6 is 0 Å². The maximum Gasteiger partial charge on any atom is 0.305 e. The number of carboxylic acid groups (broad SMARTS) is 1. The lowest BCUT2D eigenvalue weighted by molar-refractivity contribution is -0.139. The van der Waals surface area contributed by atoms with Crippen molar-refractivity contribution in [3.05, 3.63) is 0 Å². The number of hydrogen-bond donors (Lipinski definition) is 1. The van der Waals surface area contributed by atoms with Crippen LogP contribution in [0.4, 0.5) is 0 Å². The van der Waals surface area contributed by atoms with Crippen molar-refractivity contribution in [3.8, 4) is 0 Å². The van der Waals surface area contributed by atoms with Gasteiger partial charge in [-0.05, 0) is 31.6 Å². The molecular formula is C14H23NO3. The van der Waals surface area contributed by atoms with Crippen molar-refractivity contribution in [1.29, 1.82) is 0 Å². The Hall–Kier alpha value is -1.06. The van der Waals surface area contributed by atoms with Crippen LogP contribution < -0.4 is 0 Å². The van der Waals surface area contributed by atoms with Crippen LogP contribution in [0.15, 0.2) is 0 Å². The van der Waals surface area contributed by atoms with E-state index in [0.29, 0.717) is 24.9 Å². The first kappa shape index (κ1) is 13.4. The summed E-state index contributed by atoms with van der Waals surface area (Å²) in [6.45, 7) is 0.394. The highest BCUT2D eigenvalue weighted by molar-refractivity contribution is 5.78. The van der Waals surface area contributed by atoms with E-state index in [0.717, 1.165) is 12.8 Å². The van der Waals surface area contributed by atoms with Crippen molar-refractivity contribution in [3.63, 3.8) is 0 Å². The molecule has 2 aliphatic carbocycles. The van der Waals surface area contributed by atoms with E-state index < -0.39 is 5.97 Å². The van der Waals surface area contributed by atoms with Crippen LogP contribution in [-0.4, -0.2) is 34.5 Å². The number of aliphatic carboxylic acids is 1. The molecule has 4 nitrogen and oxygen atoms in total. The Bertz CT molecular complexity index is 306. The summed E-state index contributed by atoms with van der Waals surface area (Å²) in [6.07, 6.45) is 8.95. The number of amides is 1. The molecule has 0 aromatic rings. The molecule has 1 N–H and O–H groups in total. The molecule has 2 fully saturated rings. The summed E-state index contributed by atoms with van der Waals surface area (Å²) >= 11 is 0. The van der Waals surface area contributed by atoms with Crippen LogP contribution in [0.2, 0.25) is 0 Å². The monoisotopic (exact) mass is 253 g/mol. The smallest absolute Gasteiger partial charge is 0.305 e. The van der Waals surface area contributed by atoms with E-state index in [9.17, 15) is 9.59 Å². The normalized spacial score (nSPS) is 20.7. The van der Waals surface area contributed by atoms with E-state index >= 15 is 0 Å². The first-order valence-electron chi connectivity index (χ1n) is 7.18. The first-order valence-corrected chi connectivity index (χ1v) is 7.18. The van der Waals surface area contributed by atoms with Crippen LogP contribution in [0, 0.1) is 5.92 Å². The third-order valence-electron chi connectivity index (χ3n) is 4.06. The molecule has 4 heteroatoms. The zero-order valence-electron chi connectivity index (χ0n) is 10.9. The standard InChI is InChI=1S/C14H23NO3/c16-13(10-11-4-2-1-3-5-11)15(12-6-7-12)9-8-14(17)18/h11-12H,1-10H2,(H,17,18). The topological polar surface area (TPSA) is 57.6 Å². The van der Waals surface area contributed by atoms with E-state index in [1.807, 2.05) is 4.90 Å². The van der Waals surface area contributed by atoms with Crippen molar-refractivity contribution >= 4 is 11.9 Å². The van der Waals surface area contributed by atoms with Crippen LogP contribution in [-0.2, 0) is 9.59 Å². The molecule has 0 aliphatic heterocycles. The number of rotatable bonds is 6. The number of carbonyl (C=O) groups is 2. The Morgan fingerprint density at radius 1 is 1.06 bits per heavy atom. The second-order valence-corrected chi connectivity index (χ2v) is 5.67. The van der Waals surface area contributed by atoms with Crippen molar-refractivity contribution in [2.45, 2.75) is 63.8 Å². The Kier molecular flexibility index (Phi) is 4.61. The molecule has 0 unspecified atom stereocenters. The summed E-state index contributed by atoms with van der Waals surface area (Å²) in [4.78, 5) is 24.7. The van der Waals surface area contributed by atoms with Gasteiger partial charge in [0, 0.05) is 19.0 Å². The van der Waals surface area contributed by atoms with Crippen molar-refractivity contribution in [2.24, 2.45) is 5.92 Å². The van der Waals surface area contributed by atoms with Gasteiger partial charge < -0.3 is 10.0 Å². The largest absolute Gasteiger partial charge is 0.481 e. The Balaban J connectivity index is 1.81. The minimum absolute atomic E-state index is 0.0763. The molecule has 0 saturated heterocycles. The molecule has 2 aliphatic rings. The SMILES string of the molecule is O=C(O)CCN(C(=O)CC1CCCCC1)C1CC1. The van der Waals surface area contributed by atoms with Gasteiger partial charge in [-0.3, -0.25) is 9.59 Å². The zero-order chi connectivity index (χ0) is 13.0. The maximum absolute atomic E-state index is 12.2. The third-order valence-corrected chi connectivity index (χ3v) is 4.06. The van der Waals surface area contributed by atoms with Crippen molar-refractivity contribution in [1.82, 2.24) is 4.90 Å². The number of carboxylic acids is 1. The van der Waals surface area contributed by atoms with Gasteiger partial charge in [0.25, 0.3) is 0 Å². The number of hydrogen-bond acceptors (Lipinski definition) is 2. The van der Waals surface area contributed by atoms with Gasteiger partial charge >= 0.3 is 5.97 Å². The Labute approximate surface area is 108 Å². The van der Waals surface area contributed by atoms with Gasteiger partial charge in [-0.2, -0.15) is 0 Å². The minimum Gasteiger partial charge on any atom is -0.481 e. The van der Waals surface area contributed by atoms with Crippen molar-refractivity contribution < 1.29 is 14.7 Å². The highest BCUT2D eigenvalue weighted by atomic mass is 16.4. The highest BCUT2D eigenvalue weighted by Gasteiger charge is 2.33. The quantitative estimate of drug-likeness (QED) is 0.791. The molecule has 0 spiro atoms. The van der Waals surface area contributed by atoms with Gasteiger partial charge in [-0.25, -0.2) is 0 Å². The van der Waals surface area contributed by atoms with E-state index in [2.05, 4.69) is 0 Å². The van der Waals surface area contributed by atoms with E-state index in [1.54, 1.807) is 0 Å². The lowest BCUT2D eigenvalue weighted by atomic mass is 9.86. The predicted molar refractivity (Wildman–Crippen MR) is 68.2 cm³/mol. The predicted octanol–water partition coefficient (Wildman–Crippen LogP) is 2.42.